The molecule has 0 unspecified atom stereocenters. The number of rotatable bonds is 4. The summed E-state index contributed by atoms with van der Waals surface area (Å²) in [5, 5.41) is 5.85. The Bertz CT molecular complexity index is 842. The van der Waals surface area contributed by atoms with Gasteiger partial charge in [-0.3, -0.25) is 0 Å². The molecule has 2 N–H and O–H groups in total. The lowest BCUT2D eigenvalue weighted by Gasteiger charge is -2.10. The van der Waals surface area contributed by atoms with Gasteiger partial charge in [-0.15, -0.1) is 0 Å². The smallest absolute Gasteiger partial charge is 0.229 e. The van der Waals surface area contributed by atoms with Crippen LogP contribution in [0.1, 0.15) is 0 Å². The van der Waals surface area contributed by atoms with Crippen molar-refractivity contribution >= 4 is 39.1 Å². The number of aromatic nitrogens is 2. The van der Waals surface area contributed by atoms with E-state index in [-0.39, 0.29) is 11.6 Å². The minimum Gasteiger partial charge on any atom is -0.339 e. The average molecular weight is 377 g/mol. The Morgan fingerprint density at radius 1 is 0.913 bits per heavy atom. The number of halogens is 3. The van der Waals surface area contributed by atoms with Crippen molar-refractivity contribution in [3.05, 3.63) is 70.8 Å². The molecule has 0 radical (unpaired) electrons. The summed E-state index contributed by atoms with van der Waals surface area (Å²) >= 11 is 3.44. The molecular formula is C16H11BrF2N4. The molecule has 0 aliphatic rings. The monoisotopic (exact) mass is 376 g/mol. The van der Waals surface area contributed by atoms with Crippen molar-refractivity contribution in [2.75, 3.05) is 10.6 Å². The van der Waals surface area contributed by atoms with Gasteiger partial charge in [0.25, 0.3) is 0 Å². The Balaban J connectivity index is 1.81. The van der Waals surface area contributed by atoms with Crippen LogP contribution >= 0.6 is 15.9 Å². The van der Waals surface area contributed by atoms with Gasteiger partial charge in [-0.1, -0.05) is 12.1 Å². The van der Waals surface area contributed by atoms with Crippen LogP contribution in [0.3, 0.4) is 0 Å². The Morgan fingerprint density at radius 3 is 2.52 bits per heavy atom. The van der Waals surface area contributed by atoms with Crippen molar-refractivity contribution in [2.45, 2.75) is 0 Å². The minimum atomic E-state index is -0.710. The van der Waals surface area contributed by atoms with Crippen molar-refractivity contribution in [2.24, 2.45) is 0 Å². The first-order chi connectivity index (χ1) is 11.1. The summed E-state index contributed by atoms with van der Waals surface area (Å²) in [6, 6.07) is 12.5. The van der Waals surface area contributed by atoms with E-state index in [1.165, 1.54) is 12.3 Å². The maximum atomic E-state index is 13.7. The van der Waals surface area contributed by atoms with E-state index in [2.05, 4.69) is 36.5 Å². The Hall–Kier alpha value is -2.54. The number of benzene rings is 2. The van der Waals surface area contributed by atoms with Crippen LogP contribution in [-0.2, 0) is 0 Å². The fourth-order valence-corrected chi connectivity index (χ4v) is 2.28. The molecule has 4 nitrogen and oxygen atoms in total. The second-order valence-electron chi connectivity index (χ2n) is 4.62. The average Bonchev–Trinajstić information content (AvgIpc) is 2.53. The molecule has 0 aliphatic carbocycles. The highest BCUT2D eigenvalue weighted by molar-refractivity contribution is 9.10. The van der Waals surface area contributed by atoms with E-state index in [4.69, 9.17) is 0 Å². The van der Waals surface area contributed by atoms with Crippen LogP contribution in [0.4, 0.5) is 31.9 Å². The van der Waals surface area contributed by atoms with Crippen LogP contribution in [0.2, 0.25) is 0 Å². The molecule has 23 heavy (non-hydrogen) atoms. The predicted octanol–water partition coefficient (Wildman–Crippen LogP) is 5.00. The number of hydrogen-bond acceptors (Lipinski definition) is 4. The first-order valence-electron chi connectivity index (χ1n) is 6.68. The van der Waals surface area contributed by atoms with Gasteiger partial charge in [0.15, 0.2) is 0 Å². The van der Waals surface area contributed by atoms with Crippen LogP contribution in [0, 0.1) is 11.6 Å². The highest BCUT2D eigenvalue weighted by Crippen LogP contribution is 2.25. The molecule has 0 aliphatic heterocycles. The van der Waals surface area contributed by atoms with E-state index < -0.39 is 11.6 Å². The largest absolute Gasteiger partial charge is 0.339 e. The summed E-state index contributed by atoms with van der Waals surface area (Å²) in [5.74, 6) is -0.611. The fraction of sp³-hybridized carbons (Fsp3) is 0. The van der Waals surface area contributed by atoms with Gasteiger partial charge in [0.05, 0.1) is 11.4 Å². The van der Waals surface area contributed by atoms with Crippen LogP contribution in [-0.4, -0.2) is 9.97 Å². The topological polar surface area (TPSA) is 49.8 Å². The number of nitrogens with one attached hydrogen (secondary N) is 2. The Kier molecular flexibility index (Phi) is 4.47. The summed E-state index contributed by atoms with van der Waals surface area (Å²) < 4.78 is 27.5. The van der Waals surface area contributed by atoms with Crippen LogP contribution in [0.5, 0.6) is 0 Å². The van der Waals surface area contributed by atoms with Gasteiger partial charge in [-0.25, -0.2) is 13.8 Å². The van der Waals surface area contributed by atoms with Gasteiger partial charge < -0.3 is 10.6 Å². The highest BCUT2D eigenvalue weighted by atomic mass is 79.9. The number of hydrogen-bond donors (Lipinski definition) is 2. The van der Waals surface area contributed by atoms with Crippen molar-refractivity contribution in [1.29, 1.82) is 0 Å². The lowest BCUT2D eigenvalue weighted by Crippen LogP contribution is -2.02. The fourth-order valence-electron chi connectivity index (χ4n) is 1.90. The van der Waals surface area contributed by atoms with Crippen molar-refractivity contribution in [3.63, 3.8) is 0 Å². The summed E-state index contributed by atoms with van der Waals surface area (Å²) in [6.45, 7) is 0. The molecule has 0 saturated carbocycles. The third-order valence-corrected chi connectivity index (χ3v) is 3.66. The van der Waals surface area contributed by atoms with Gasteiger partial charge >= 0.3 is 0 Å². The molecule has 1 heterocycles. The second kappa shape index (κ2) is 6.70. The first kappa shape index (κ1) is 15.4. The summed E-state index contributed by atoms with van der Waals surface area (Å²) in [6.07, 6.45) is 1.54. The summed E-state index contributed by atoms with van der Waals surface area (Å²) in [5.41, 5.74) is 0.939. The number of para-hydroxylation sites is 1. The molecule has 7 heteroatoms. The molecule has 3 aromatic rings. The standard InChI is InChI=1S/C16H11BrF2N4/c17-11-3-1-2-4-13(11)21-15-7-8-20-16(23-15)22-14-6-5-10(18)9-12(14)19/h1-9H,(H2,20,21,22,23). The second-order valence-corrected chi connectivity index (χ2v) is 5.47. The molecule has 0 spiro atoms. The summed E-state index contributed by atoms with van der Waals surface area (Å²) in [4.78, 5) is 8.28. The number of anilines is 4. The quantitative estimate of drug-likeness (QED) is 0.672. The van der Waals surface area contributed by atoms with Gasteiger partial charge in [0.2, 0.25) is 5.95 Å². The maximum Gasteiger partial charge on any atom is 0.229 e. The Morgan fingerprint density at radius 2 is 1.74 bits per heavy atom. The van der Waals surface area contributed by atoms with Gasteiger partial charge in [0.1, 0.15) is 17.5 Å². The van der Waals surface area contributed by atoms with Gasteiger partial charge in [-0.05, 0) is 46.3 Å². The molecule has 0 atom stereocenters. The molecule has 0 amide bonds. The molecule has 0 bridgehead atoms. The van der Waals surface area contributed by atoms with E-state index in [1.54, 1.807) is 6.07 Å². The van der Waals surface area contributed by atoms with Crippen molar-refractivity contribution < 1.29 is 8.78 Å². The number of nitrogens with zero attached hydrogens (tertiary/aromatic N) is 2. The normalized spacial score (nSPS) is 10.4. The third kappa shape index (κ3) is 3.81. The highest BCUT2D eigenvalue weighted by Gasteiger charge is 2.07. The zero-order chi connectivity index (χ0) is 16.2. The Labute approximate surface area is 139 Å². The van der Waals surface area contributed by atoms with E-state index in [0.29, 0.717) is 5.82 Å². The molecule has 0 saturated heterocycles. The third-order valence-electron chi connectivity index (χ3n) is 2.97. The lowest BCUT2D eigenvalue weighted by atomic mass is 10.3. The zero-order valence-electron chi connectivity index (χ0n) is 11.7. The van der Waals surface area contributed by atoms with Crippen LogP contribution in [0.25, 0.3) is 0 Å². The molecule has 2 aromatic carbocycles. The van der Waals surface area contributed by atoms with Crippen molar-refractivity contribution in [3.8, 4) is 0 Å². The zero-order valence-corrected chi connectivity index (χ0v) is 13.3. The van der Waals surface area contributed by atoms with E-state index in [9.17, 15) is 8.78 Å². The van der Waals surface area contributed by atoms with Crippen LogP contribution < -0.4 is 10.6 Å². The molecular weight excluding hydrogens is 366 g/mol. The van der Waals surface area contributed by atoms with E-state index in [0.717, 1.165) is 22.3 Å². The molecule has 1 aromatic heterocycles. The maximum absolute atomic E-state index is 13.7. The first-order valence-corrected chi connectivity index (χ1v) is 7.48. The van der Waals surface area contributed by atoms with Gasteiger partial charge in [-0.2, -0.15) is 4.98 Å². The van der Waals surface area contributed by atoms with Crippen molar-refractivity contribution in [1.82, 2.24) is 9.97 Å². The predicted molar refractivity (Wildman–Crippen MR) is 89.1 cm³/mol. The molecule has 116 valence electrons. The van der Waals surface area contributed by atoms with E-state index in [1.807, 2.05) is 24.3 Å². The molecule has 0 fully saturated rings. The van der Waals surface area contributed by atoms with Crippen LogP contribution in [0.15, 0.2) is 59.2 Å². The minimum absolute atomic E-state index is 0.101. The molecule has 3 rings (SSSR count). The SMILES string of the molecule is Fc1ccc(Nc2nccc(Nc3ccccc3Br)n2)c(F)c1. The lowest BCUT2D eigenvalue weighted by molar-refractivity contribution is 0.586. The van der Waals surface area contributed by atoms with Gasteiger partial charge in [0, 0.05) is 16.7 Å². The summed E-state index contributed by atoms with van der Waals surface area (Å²) in [7, 11) is 0. The van der Waals surface area contributed by atoms with E-state index >= 15 is 0 Å².